The zero-order valence-electron chi connectivity index (χ0n) is 12.4. The van der Waals surface area contributed by atoms with Gasteiger partial charge in [-0.2, -0.15) is 5.10 Å². The number of hydrogen-bond donors (Lipinski definition) is 3. The van der Waals surface area contributed by atoms with Crippen molar-refractivity contribution in [2.75, 3.05) is 11.9 Å². The monoisotopic (exact) mass is 294 g/mol. The number of carbonyl (C=O) groups excluding carboxylic acids is 1. The van der Waals surface area contributed by atoms with Gasteiger partial charge in [0.2, 0.25) is 0 Å². The molecule has 0 unspecified atom stereocenters. The summed E-state index contributed by atoms with van der Waals surface area (Å²) in [5.74, 6) is 0.170. The minimum absolute atomic E-state index is 0.147. The van der Waals surface area contributed by atoms with Crippen LogP contribution in [0.15, 0.2) is 12.3 Å². The van der Waals surface area contributed by atoms with Gasteiger partial charge in [-0.25, -0.2) is 4.79 Å². The van der Waals surface area contributed by atoms with E-state index in [-0.39, 0.29) is 6.54 Å². The van der Waals surface area contributed by atoms with Crippen LogP contribution in [-0.2, 0) is 11.8 Å². The van der Waals surface area contributed by atoms with Crippen LogP contribution in [0.4, 0.5) is 10.6 Å². The van der Waals surface area contributed by atoms with Gasteiger partial charge >= 0.3 is 12.0 Å². The second-order valence-electron chi connectivity index (χ2n) is 5.95. The van der Waals surface area contributed by atoms with Gasteiger partial charge in [-0.3, -0.25) is 14.8 Å². The maximum Gasteiger partial charge on any atom is 0.320 e. The summed E-state index contributed by atoms with van der Waals surface area (Å²) < 4.78 is 1.58. The fourth-order valence-electron chi connectivity index (χ4n) is 2.67. The number of carboxylic acid groups (broad SMARTS) is 1. The Morgan fingerprint density at radius 3 is 2.67 bits per heavy atom. The fourth-order valence-corrected chi connectivity index (χ4v) is 2.67. The molecule has 0 aromatic carbocycles. The first-order chi connectivity index (χ1) is 9.91. The van der Waals surface area contributed by atoms with E-state index in [2.05, 4.69) is 22.7 Å². The molecule has 7 heteroatoms. The maximum atomic E-state index is 11.8. The van der Waals surface area contributed by atoms with E-state index >= 15 is 0 Å². The van der Waals surface area contributed by atoms with E-state index in [0.717, 1.165) is 12.8 Å². The zero-order chi connectivity index (χ0) is 15.5. The lowest BCUT2D eigenvalue weighted by molar-refractivity contribution is -0.151. The lowest BCUT2D eigenvalue weighted by atomic mass is 9.71. The van der Waals surface area contributed by atoms with Crippen LogP contribution in [0.25, 0.3) is 0 Å². The molecule has 1 heterocycles. The van der Waals surface area contributed by atoms with Crippen molar-refractivity contribution in [2.45, 2.75) is 32.6 Å². The summed E-state index contributed by atoms with van der Waals surface area (Å²) in [4.78, 5) is 23.4. The van der Waals surface area contributed by atoms with Crippen molar-refractivity contribution in [1.29, 1.82) is 0 Å². The molecular weight excluding hydrogens is 272 g/mol. The van der Waals surface area contributed by atoms with Gasteiger partial charge in [0.15, 0.2) is 5.82 Å². The Morgan fingerprint density at radius 1 is 1.48 bits per heavy atom. The molecule has 1 aliphatic carbocycles. The molecule has 1 aromatic heterocycles. The average Bonchev–Trinajstić information content (AvgIpc) is 2.83. The first-order valence-electron chi connectivity index (χ1n) is 7.19. The van der Waals surface area contributed by atoms with Crippen molar-refractivity contribution in [1.82, 2.24) is 15.1 Å². The van der Waals surface area contributed by atoms with Gasteiger partial charge in [-0.1, -0.05) is 6.92 Å². The highest BCUT2D eigenvalue weighted by atomic mass is 16.4. The average molecular weight is 294 g/mol. The Kier molecular flexibility index (Phi) is 4.50. The lowest BCUT2D eigenvalue weighted by Crippen LogP contribution is -2.46. The number of aliphatic carboxylic acids is 1. The number of anilines is 1. The number of nitrogens with zero attached hydrogens (tertiary/aromatic N) is 2. The van der Waals surface area contributed by atoms with E-state index < -0.39 is 17.4 Å². The Labute approximate surface area is 123 Å². The molecule has 0 aliphatic heterocycles. The van der Waals surface area contributed by atoms with Crippen molar-refractivity contribution >= 4 is 17.8 Å². The van der Waals surface area contributed by atoms with E-state index in [4.69, 9.17) is 0 Å². The third-order valence-electron chi connectivity index (χ3n) is 4.23. The molecule has 21 heavy (non-hydrogen) atoms. The Bertz CT molecular complexity index is 518. The molecule has 1 saturated carbocycles. The molecule has 3 N–H and O–H groups in total. The van der Waals surface area contributed by atoms with Gasteiger partial charge in [0.25, 0.3) is 0 Å². The number of nitrogens with one attached hydrogen (secondary N) is 2. The molecule has 0 bridgehead atoms. The molecule has 0 saturated heterocycles. The molecule has 1 aliphatic rings. The summed E-state index contributed by atoms with van der Waals surface area (Å²) in [5.41, 5.74) is -0.839. The number of rotatable bonds is 4. The smallest absolute Gasteiger partial charge is 0.320 e. The fraction of sp³-hybridized carbons (Fsp3) is 0.643. The first-order valence-corrected chi connectivity index (χ1v) is 7.19. The van der Waals surface area contributed by atoms with E-state index in [1.54, 1.807) is 24.0 Å². The third kappa shape index (κ3) is 3.74. The van der Waals surface area contributed by atoms with Gasteiger partial charge in [0.1, 0.15) is 0 Å². The summed E-state index contributed by atoms with van der Waals surface area (Å²) in [6.45, 7) is 2.28. The highest BCUT2D eigenvalue weighted by Gasteiger charge is 2.41. The van der Waals surface area contributed by atoms with Crippen molar-refractivity contribution in [3.05, 3.63) is 12.3 Å². The lowest BCUT2D eigenvalue weighted by Gasteiger charge is -2.35. The van der Waals surface area contributed by atoms with Crippen LogP contribution in [-0.4, -0.2) is 33.4 Å². The summed E-state index contributed by atoms with van der Waals surface area (Å²) in [6.07, 6.45) is 4.70. The molecule has 2 rings (SSSR count). The van der Waals surface area contributed by atoms with E-state index in [1.807, 2.05) is 0 Å². The van der Waals surface area contributed by atoms with Gasteiger partial charge in [0, 0.05) is 25.9 Å². The molecule has 1 fully saturated rings. The number of carbonyl (C=O) groups is 2. The largest absolute Gasteiger partial charge is 0.481 e. The van der Waals surface area contributed by atoms with Crippen LogP contribution >= 0.6 is 0 Å². The zero-order valence-corrected chi connectivity index (χ0v) is 12.4. The van der Waals surface area contributed by atoms with Gasteiger partial charge < -0.3 is 10.4 Å². The molecular formula is C14H22N4O3. The molecule has 2 amide bonds. The van der Waals surface area contributed by atoms with Gasteiger partial charge in [0.05, 0.1) is 5.41 Å². The summed E-state index contributed by atoms with van der Waals surface area (Å²) in [5, 5.41) is 18.8. The molecule has 0 spiro atoms. The Morgan fingerprint density at radius 2 is 2.14 bits per heavy atom. The highest BCUT2D eigenvalue weighted by Crippen LogP contribution is 2.38. The minimum atomic E-state index is -0.839. The topological polar surface area (TPSA) is 96.3 Å². The minimum Gasteiger partial charge on any atom is -0.481 e. The molecule has 0 radical (unpaired) electrons. The SMILES string of the molecule is CC1CCC(CNC(=O)Nc2ccn(C)n2)(C(=O)O)CC1. The van der Waals surface area contributed by atoms with Crippen LogP contribution in [0.1, 0.15) is 32.6 Å². The van der Waals surface area contributed by atoms with E-state index in [1.165, 1.54) is 0 Å². The van der Waals surface area contributed by atoms with Gasteiger partial charge in [-0.05, 0) is 31.6 Å². The maximum absolute atomic E-state index is 11.8. The van der Waals surface area contributed by atoms with Crippen molar-refractivity contribution < 1.29 is 14.7 Å². The number of amides is 2. The summed E-state index contributed by atoms with van der Waals surface area (Å²) >= 11 is 0. The van der Waals surface area contributed by atoms with E-state index in [0.29, 0.717) is 24.6 Å². The highest BCUT2D eigenvalue weighted by molar-refractivity contribution is 5.88. The Balaban J connectivity index is 1.90. The normalized spacial score (nSPS) is 25.3. The van der Waals surface area contributed by atoms with Gasteiger partial charge in [-0.15, -0.1) is 0 Å². The molecule has 7 nitrogen and oxygen atoms in total. The van der Waals surface area contributed by atoms with Crippen molar-refractivity contribution in [3.63, 3.8) is 0 Å². The predicted octanol–water partition coefficient (Wildman–Crippen LogP) is 1.82. The summed E-state index contributed by atoms with van der Waals surface area (Å²) in [6, 6.07) is 1.25. The van der Waals surface area contributed by atoms with Crippen molar-refractivity contribution in [3.8, 4) is 0 Å². The second-order valence-corrected chi connectivity index (χ2v) is 5.95. The number of urea groups is 1. The van der Waals surface area contributed by atoms with Crippen molar-refractivity contribution in [2.24, 2.45) is 18.4 Å². The number of aromatic nitrogens is 2. The molecule has 116 valence electrons. The third-order valence-corrected chi connectivity index (χ3v) is 4.23. The van der Waals surface area contributed by atoms with Crippen LogP contribution in [0.2, 0.25) is 0 Å². The predicted molar refractivity (Wildman–Crippen MR) is 77.9 cm³/mol. The molecule has 0 atom stereocenters. The van der Waals surface area contributed by atoms with E-state index in [9.17, 15) is 14.7 Å². The molecule has 1 aromatic rings. The number of aryl methyl sites for hydroxylation is 1. The van der Waals surface area contributed by atoms with Crippen LogP contribution in [0.5, 0.6) is 0 Å². The van der Waals surface area contributed by atoms with Crippen LogP contribution in [0.3, 0.4) is 0 Å². The quantitative estimate of drug-likeness (QED) is 0.789. The first kappa shape index (κ1) is 15.3. The van der Waals surface area contributed by atoms with Crippen LogP contribution < -0.4 is 10.6 Å². The standard InChI is InChI=1S/C14H22N4O3/c1-10-3-6-14(7-4-10,12(19)20)9-15-13(21)16-11-5-8-18(2)17-11/h5,8,10H,3-4,6-7,9H2,1-2H3,(H,19,20)(H2,15,16,17,21). The van der Waals surface area contributed by atoms with Crippen LogP contribution in [0, 0.1) is 11.3 Å². The Hall–Kier alpha value is -2.05. The summed E-state index contributed by atoms with van der Waals surface area (Å²) in [7, 11) is 1.76. The number of carboxylic acids is 1. The second kappa shape index (κ2) is 6.15. The number of hydrogen-bond acceptors (Lipinski definition) is 3.